The Labute approximate surface area is 172 Å². The molecule has 3 N–H and O–H groups in total. The van der Waals surface area contributed by atoms with Crippen molar-refractivity contribution in [3.63, 3.8) is 0 Å². The summed E-state index contributed by atoms with van der Waals surface area (Å²) in [6.45, 7) is 5.82. The maximum atomic E-state index is 12.4. The summed E-state index contributed by atoms with van der Waals surface area (Å²) in [7, 11) is 0. The predicted molar refractivity (Wildman–Crippen MR) is 113 cm³/mol. The van der Waals surface area contributed by atoms with Gasteiger partial charge in [0.25, 0.3) is 11.6 Å². The van der Waals surface area contributed by atoms with E-state index in [0.29, 0.717) is 22.2 Å². The summed E-state index contributed by atoms with van der Waals surface area (Å²) in [6, 6.07) is 6.25. The predicted octanol–water partition coefficient (Wildman–Crippen LogP) is 3.17. The molecule has 0 spiro atoms. The van der Waals surface area contributed by atoms with E-state index in [0.717, 1.165) is 30.0 Å². The first kappa shape index (κ1) is 20.7. The van der Waals surface area contributed by atoms with Gasteiger partial charge < -0.3 is 11.1 Å². The average Bonchev–Trinajstić information content (AvgIpc) is 3.03. The number of fused-ring (bicyclic) bond motifs is 1. The van der Waals surface area contributed by atoms with E-state index < -0.39 is 16.7 Å². The molecule has 0 aliphatic carbocycles. The van der Waals surface area contributed by atoms with E-state index >= 15 is 0 Å². The number of carbonyl (C=O) groups excluding carboxylic acids is 2. The number of rotatable bonds is 6. The Kier molecular flexibility index (Phi) is 6.09. The Balaban J connectivity index is 1.76. The van der Waals surface area contributed by atoms with Gasteiger partial charge in [-0.15, -0.1) is 11.3 Å². The second-order valence-corrected chi connectivity index (χ2v) is 8.16. The fraction of sp³-hybridized carbons (Fsp3) is 0.300. The smallest absolute Gasteiger partial charge is 0.269 e. The van der Waals surface area contributed by atoms with Gasteiger partial charge in [-0.1, -0.05) is 0 Å². The number of carbonyl (C=O) groups is 2. The lowest BCUT2D eigenvalue weighted by atomic mass is 10.0. The standard InChI is InChI=1S/C20H22N4O4S/c1-12(2)23-10-9-15-16(11-23)29-20(18(15)19(21)26)22-17(25)8-5-13-3-6-14(7-4-13)24(27)28/h3-8,12H,9-11H2,1-2H3,(H2,21,26)(H,22,25)/b8-5-. The number of amides is 2. The summed E-state index contributed by atoms with van der Waals surface area (Å²) in [5.41, 5.74) is 7.54. The number of hydrogen-bond acceptors (Lipinski definition) is 6. The molecule has 0 fully saturated rings. The molecule has 152 valence electrons. The number of benzene rings is 1. The largest absolute Gasteiger partial charge is 0.365 e. The number of anilines is 1. The van der Waals surface area contributed by atoms with Gasteiger partial charge in [-0.25, -0.2) is 0 Å². The highest BCUT2D eigenvalue weighted by atomic mass is 32.1. The van der Waals surface area contributed by atoms with Gasteiger partial charge >= 0.3 is 0 Å². The zero-order valence-electron chi connectivity index (χ0n) is 16.2. The topological polar surface area (TPSA) is 119 Å². The van der Waals surface area contributed by atoms with Gasteiger partial charge in [0.1, 0.15) is 5.00 Å². The lowest BCUT2D eigenvalue weighted by molar-refractivity contribution is -0.384. The summed E-state index contributed by atoms with van der Waals surface area (Å²) in [5, 5.41) is 13.9. The number of non-ortho nitro benzene ring substituents is 1. The zero-order valence-corrected chi connectivity index (χ0v) is 17.0. The molecule has 1 aromatic carbocycles. The molecule has 0 saturated heterocycles. The molecule has 0 bridgehead atoms. The van der Waals surface area contributed by atoms with E-state index in [1.807, 2.05) is 0 Å². The fourth-order valence-electron chi connectivity index (χ4n) is 3.25. The Morgan fingerprint density at radius 1 is 1.31 bits per heavy atom. The van der Waals surface area contributed by atoms with Crippen molar-refractivity contribution in [2.45, 2.75) is 32.9 Å². The van der Waals surface area contributed by atoms with Crippen LogP contribution >= 0.6 is 11.3 Å². The van der Waals surface area contributed by atoms with E-state index in [2.05, 4.69) is 24.1 Å². The maximum absolute atomic E-state index is 12.4. The number of hydrogen-bond donors (Lipinski definition) is 2. The molecule has 2 heterocycles. The van der Waals surface area contributed by atoms with Gasteiger partial charge in [0, 0.05) is 42.2 Å². The summed E-state index contributed by atoms with van der Waals surface area (Å²) in [4.78, 5) is 37.9. The molecule has 0 atom stereocenters. The SMILES string of the molecule is CC(C)N1CCc2c(sc(NC(=O)/C=C\c3ccc([N+](=O)[O-])cc3)c2C(N)=O)C1. The molecule has 0 unspecified atom stereocenters. The van der Waals surface area contributed by atoms with Crippen LogP contribution in [0.2, 0.25) is 0 Å². The summed E-state index contributed by atoms with van der Waals surface area (Å²) >= 11 is 1.38. The van der Waals surface area contributed by atoms with E-state index in [4.69, 9.17) is 5.73 Å². The third kappa shape index (κ3) is 4.69. The van der Waals surface area contributed by atoms with Crippen LogP contribution in [-0.4, -0.2) is 34.2 Å². The quantitative estimate of drug-likeness (QED) is 0.427. The van der Waals surface area contributed by atoms with Gasteiger partial charge in [-0.05, 0) is 49.6 Å². The highest BCUT2D eigenvalue weighted by molar-refractivity contribution is 7.17. The van der Waals surface area contributed by atoms with Crippen LogP contribution < -0.4 is 11.1 Å². The second-order valence-electron chi connectivity index (χ2n) is 7.06. The number of nitro groups is 1. The fourth-order valence-corrected chi connectivity index (χ4v) is 4.53. The van der Waals surface area contributed by atoms with Crippen molar-refractivity contribution in [2.24, 2.45) is 5.73 Å². The van der Waals surface area contributed by atoms with E-state index in [1.165, 1.54) is 29.5 Å². The van der Waals surface area contributed by atoms with Crippen molar-refractivity contribution in [3.05, 3.63) is 62.0 Å². The van der Waals surface area contributed by atoms with Gasteiger partial charge in [0.05, 0.1) is 10.5 Å². The minimum Gasteiger partial charge on any atom is -0.365 e. The van der Waals surface area contributed by atoms with Crippen molar-refractivity contribution >= 4 is 39.9 Å². The molecule has 2 aromatic rings. The summed E-state index contributed by atoms with van der Waals surface area (Å²) in [6.07, 6.45) is 3.60. The van der Waals surface area contributed by atoms with Crippen molar-refractivity contribution < 1.29 is 14.5 Å². The molecule has 1 aliphatic rings. The molecule has 1 aromatic heterocycles. The molecular formula is C20H22N4O4S. The van der Waals surface area contributed by atoms with Crippen molar-refractivity contribution in [1.29, 1.82) is 0 Å². The van der Waals surface area contributed by atoms with Crippen LogP contribution in [0.5, 0.6) is 0 Å². The zero-order chi connectivity index (χ0) is 21.1. The first-order valence-corrected chi connectivity index (χ1v) is 9.99. The summed E-state index contributed by atoms with van der Waals surface area (Å²) < 4.78 is 0. The van der Waals surface area contributed by atoms with Crippen LogP contribution in [0, 0.1) is 10.1 Å². The Morgan fingerprint density at radius 2 is 2.00 bits per heavy atom. The molecule has 29 heavy (non-hydrogen) atoms. The number of nitrogens with one attached hydrogen (secondary N) is 1. The molecule has 3 rings (SSSR count). The van der Waals surface area contributed by atoms with Crippen LogP contribution in [-0.2, 0) is 17.8 Å². The highest BCUT2D eigenvalue weighted by Crippen LogP contribution is 2.37. The minimum atomic E-state index is -0.546. The normalized spacial score (nSPS) is 14.2. The van der Waals surface area contributed by atoms with E-state index in [9.17, 15) is 19.7 Å². The Hall–Kier alpha value is -3.04. The lowest BCUT2D eigenvalue weighted by Gasteiger charge is -2.30. The van der Waals surface area contributed by atoms with E-state index in [1.54, 1.807) is 18.2 Å². The van der Waals surface area contributed by atoms with Crippen LogP contribution in [0.4, 0.5) is 10.7 Å². The third-order valence-electron chi connectivity index (χ3n) is 4.83. The first-order valence-electron chi connectivity index (χ1n) is 9.18. The molecule has 0 radical (unpaired) electrons. The molecule has 8 nitrogen and oxygen atoms in total. The highest BCUT2D eigenvalue weighted by Gasteiger charge is 2.28. The lowest BCUT2D eigenvalue weighted by Crippen LogP contribution is -2.35. The van der Waals surface area contributed by atoms with Crippen LogP contribution in [0.15, 0.2) is 30.3 Å². The third-order valence-corrected chi connectivity index (χ3v) is 5.96. The molecule has 0 saturated carbocycles. The van der Waals surface area contributed by atoms with Gasteiger partial charge in [0.15, 0.2) is 0 Å². The number of nitro benzene ring substituents is 1. The summed E-state index contributed by atoms with van der Waals surface area (Å²) in [5.74, 6) is -0.944. The Morgan fingerprint density at radius 3 is 2.59 bits per heavy atom. The number of thiophene rings is 1. The van der Waals surface area contributed by atoms with Gasteiger partial charge in [-0.3, -0.25) is 24.6 Å². The average molecular weight is 414 g/mol. The van der Waals surface area contributed by atoms with Crippen LogP contribution in [0.25, 0.3) is 6.08 Å². The number of primary amides is 1. The molecule has 9 heteroatoms. The molecule has 2 amide bonds. The molecule has 1 aliphatic heterocycles. The van der Waals surface area contributed by atoms with Crippen LogP contribution in [0.3, 0.4) is 0 Å². The second kappa shape index (κ2) is 8.54. The Bertz CT molecular complexity index is 979. The van der Waals surface area contributed by atoms with E-state index in [-0.39, 0.29) is 5.69 Å². The number of nitrogens with zero attached hydrogens (tertiary/aromatic N) is 2. The van der Waals surface area contributed by atoms with Crippen molar-refractivity contribution in [1.82, 2.24) is 4.90 Å². The maximum Gasteiger partial charge on any atom is 0.269 e. The first-order chi connectivity index (χ1) is 13.8. The van der Waals surface area contributed by atoms with Gasteiger partial charge in [0.2, 0.25) is 5.91 Å². The monoisotopic (exact) mass is 414 g/mol. The minimum absolute atomic E-state index is 0.0164. The van der Waals surface area contributed by atoms with Crippen molar-refractivity contribution in [2.75, 3.05) is 11.9 Å². The van der Waals surface area contributed by atoms with Crippen molar-refractivity contribution in [3.8, 4) is 0 Å². The van der Waals surface area contributed by atoms with Crippen LogP contribution in [0.1, 0.15) is 40.2 Å². The molecular weight excluding hydrogens is 392 g/mol. The van der Waals surface area contributed by atoms with Gasteiger partial charge in [-0.2, -0.15) is 0 Å². The number of nitrogens with two attached hydrogens (primary N) is 1.